The number of ether oxygens (including phenoxy) is 1. The molecule has 6 heteroatoms. The Labute approximate surface area is 158 Å². The van der Waals surface area contributed by atoms with E-state index in [1.54, 1.807) is 0 Å². The van der Waals surface area contributed by atoms with E-state index in [1.165, 1.54) is 0 Å². The number of nitrogens with one attached hydrogen (secondary N) is 1. The number of carbonyl (C=O) groups is 1. The summed E-state index contributed by atoms with van der Waals surface area (Å²) in [5, 5.41) is 6.91. The normalized spacial score (nSPS) is 10.6. The molecule has 3 rings (SSSR count). The second-order valence-corrected chi connectivity index (χ2v) is 6.17. The molecular formula is C21H23N3O3. The van der Waals surface area contributed by atoms with Crippen molar-refractivity contribution in [2.24, 2.45) is 0 Å². The van der Waals surface area contributed by atoms with Crippen molar-refractivity contribution >= 4 is 5.91 Å². The summed E-state index contributed by atoms with van der Waals surface area (Å²) in [6, 6.07) is 15.5. The third-order valence-corrected chi connectivity index (χ3v) is 4.19. The summed E-state index contributed by atoms with van der Waals surface area (Å²) >= 11 is 0. The summed E-state index contributed by atoms with van der Waals surface area (Å²) in [4.78, 5) is 16.4. The minimum atomic E-state index is -0.0425. The lowest BCUT2D eigenvalue weighted by molar-refractivity contribution is -0.121. The summed E-state index contributed by atoms with van der Waals surface area (Å²) in [6.07, 6.45) is 0.709. The molecule has 0 aliphatic rings. The van der Waals surface area contributed by atoms with Crippen molar-refractivity contribution in [3.63, 3.8) is 0 Å². The largest absolute Gasteiger partial charge is 0.494 e. The van der Waals surface area contributed by atoms with Gasteiger partial charge in [0, 0.05) is 24.9 Å². The standard InChI is InChI=1S/C21H23N3O3/c1-3-26-18-10-8-16(9-11-18)21-23-20(27-24-21)13-12-19(25)22-14-17-7-5-4-6-15(17)2/h4-11H,3,12-14H2,1-2H3,(H,22,25). The first-order valence-electron chi connectivity index (χ1n) is 9.02. The smallest absolute Gasteiger partial charge is 0.227 e. The van der Waals surface area contributed by atoms with E-state index in [2.05, 4.69) is 15.5 Å². The number of hydrogen-bond acceptors (Lipinski definition) is 5. The van der Waals surface area contributed by atoms with Crippen molar-refractivity contribution in [3.05, 3.63) is 65.5 Å². The highest BCUT2D eigenvalue weighted by molar-refractivity contribution is 5.76. The van der Waals surface area contributed by atoms with Crippen molar-refractivity contribution < 1.29 is 14.1 Å². The topological polar surface area (TPSA) is 77.2 Å². The SMILES string of the molecule is CCOc1ccc(-c2noc(CCC(=O)NCc3ccccc3C)n2)cc1. The number of rotatable bonds is 8. The van der Waals surface area contributed by atoms with Gasteiger partial charge in [-0.2, -0.15) is 4.98 Å². The maximum atomic E-state index is 12.1. The van der Waals surface area contributed by atoms with Gasteiger partial charge in [-0.1, -0.05) is 29.4 Å². The Morgan fingerprint density at radius 3 is 2.67 bits per heavy atom. The average Bonchev–Trinajstić information content (AvgIpc) is 3.16. The van der Waals surface area contributed by atoms with Gasteiger partial charge in [0.2, 0.25) is 17.6 Å². The van der Waals surface area contributed by atoms with Crippen molar-refractivity contribution in [1.82, 2.24) is 15.5 Å². The molecule has 0 bridgehead atoms. The first-order chi connectivity index (χ1) is 13.2. The van der Waals surface area contributed by atoms with E-state index in [-0.39, 0.29) is 5.91 Å². The molecule has 0 radical (unpaired) electrons. The Morgan fingerprint density at radius 2 is 1.93 bits per heavy atom. The van der Waals surface area contributed by atoms with Crippen LogP contribution < -0.4 is 10.1 Å². The molecule has 0 spiro atoms. The van der Waals surface area contributed by atoms with Crippen LogP contribution >= 0.6 is 0 Å². The van der Waals surface area contributed by atoms with Crippen LogP contribution in [-0.2, 0) is 17.8 Å². The predicted molar refractivity (Wildman–Crippen MR) is 102 cm³/mol. The van der Waals surface area contributed by atoms with E-state index < -0.39 is 0 Å². The first kappa shape index (κ1) is 18.6. The Bertz CT molecular complexity index is 888. The zero-order valence-corrected chi connectivity index (χ0v) is 15.6. The molecule has 0 atom stereocenters. The number of aromatic nitrogens is 2. The molecule has 1 amide bonds. The molecule has 3 aromatic rings. The maximum Gasteiger partial charge on any atom is 0.227 e. The number of hydrogen-bond donors (Lipinski definition) is 1. The second-order valence-electron chi connectivity index (χ2n) is 6.17. The molecule has 0 saturated carbocycles. The lowest BCUT2D eigenvalue weighted by Crippen LogP contribution is -2.23. The number of nitrogens with zero attached hydrogens (tertiary/aromatic N) is 2. The maximum absolute atomic E-state index is 12.1. The van der Waals surface area contributed by atoms with Crippen LogP contribution in [0.3, 0.4) is 0 Å². The van der Waals surface area contributed by atoms with Gasteiger partial charge in [-0.25, -0.2) is 0 Å². The Morgan fingerprint density at radius 1 is 1.15 bits per heavy atom. The van der Waals surface area contributed by atoms with Crippen LogP contribution in [0.5, 0.6) is 5.75 Å². The van der Waals surface area contributed by atoms with Crippen LogP contribution in [0, 0.1) is 6.92 Å². The predicted octanol–water partition coefficient (Wildman–Crippen LogP) is 3.69. The average molecular weight is 365 g/mol. The van der Waals surface area contributed by atoms with Gasteiger partial charge in [-0.3, -0.25) is 4.79 Å². The zero-order chi connectivity index (χ0) is 19.1. The second kappa shape index (κ2) is 8.98. The Balaban J connectivity index is 1.50. The fourth-order valence-corrected chi connectivity index (χ4v) is 2.65. The molecule has 2 aromatic carbocycles. The summed E-state index contributed by atoms with van der Waals surface area (Å²) < 4.78 is 10.7. The minimum Gasteiger partial charge on any atom is -0.494 e. The van der Waals surface area contributed by atoms with E-state index in [9.17, 15) is 4.79 Å². The fourth-order valence-electron chi connectivity index (χ4n) is 2.65. The first-order valence-corrected chi connectivity index (χ1v) is 9.02. The molecule has 140 valence electrons. The van der Waals surface area contributed by atoms with Crippen LogP contribution in [0.15, 0.2) is 53.1 Å². The van der Waals surface area contributed by atoms with Gasteiger partial charge in [0.05, 0.1) is 6.61 Å². The highest BCUT2D eigenvalue weighted by atomic mass is 16.5. The lowest BCUT2D eigenvalue weighted by Gasteiger charge is -2.07. The van der Waals surface area contributed by atoms with Crippen molar-refractivity contribution in [3.8, 4) is 17.1 Å². The van der Waals surface area contributed by atoms with Crippen LogP contribution in [-0.4, -0.2) is 22.7 Å². The fraction of sp³-hybridized carbons (Fsp3) is 0.286. The van der Waals surface area contributed by atoms with Crippen LogP contribution in [0.25, 0.3) is 11.4 Å². The summed E-state index contributed by atoms with van der Waals surface area (Å²) in [5.74, 6) is 1.72. The van der Waals surface area contributed by atoms with Gasteiger partial charge in [0.25, 0.3) is 0 Å². The summed E-state index contributed by atoms with van der Waals surface area (Å²) in [7, 11) is 0. The van der Waals surface area contributed by atoms with Gasteiger partial charge in [0.15, 0.2) is 0 Å². The number of aryl methyl sites for hydroxylation is 2. The quantitative estimate of drug-likeness (QED) is 0.659. The van der Waals surface area contributed by atoms with Crippen molar-refractivity contribution in [1.29, 1.82) is 0 Å². The molecule has 1 N–H and O–H groups in total. The van der Waals surface area contributed by atoms with Gasteiger partial charge in [-0.15, -0.1) is 0 Å². The van der Waals surface area contributed by atoms with E-state index in [4.69, 9.17) is 9.26 Å². The summed E-state index contributed by atoms with van der Waals surface area (Å²) in [6.45, 7) is 5.11. The van der Waals surface area contributed by atoms with Crippen molar-refractivity contribution in [2.75, 3.05) is 6.61 Å². The molecule has 0 unspecified atom stereocenters. The highest BCUT2D eigenvalue weighted by Gasteiger charge is 2.11. The van der Waals surface area contributed by atoms with Crippen LogP contribution in [0.1, 0.15) is 30.4 Å². The van der Waals surface area contributed by atoms with Gasteiger partial charge in [-0.05, 0) is 49.2 Å². The van der Waals surface area contributed by atoms with Crippen molar-refractivity contribution in [2.45, 2.75) is 33.2 Å². The zero-order valence-electron chi connectivity index (χ0n) is 15.6. The van der Waals surface area contributed by atoms with Crippen LogP contribution in [0.4, 0.5) is 0 Å². The number of amides is 1. The van der Waals surface area contributed by atoms with Gasteiger partial charge in [0.1, 0.15) is 5.75 Å². The van der Waals surface area contributed by atoms with E-state index in [0.717, 1.165) is 22.4 Å². The molecule has 0 fully saturated rings. The molecule has 1 heterocycles. The van der Waals surface area contributed by atoms with Gasteiger partial charge >= 0.3 is 0 Å². The van der Waals surface area contributed by atoms with Crippen LogP contribution in [0.2, 0.25) is 0 Å². The van der Waals surface area contributed by atoms with Gasteiger partial charge < -0.3 is 14.6 Å². The van der Waals surface area contributed by atoms with E-state index >= 15 is 0 Å². The Kier molecular flexibility index (Phi) is 6.20. The minimum absolute atomic E-state index is 0.0425. The lowest BCUT2D eigenvalue weighted by atomic mass is 10.1. The molecule has 0 aliphatic heterocycles. The number of carbonyl (C=O) groups excluding carboxylic acids is 1. The third kappa shape index (κ3) is 5.17. The highest BCUT2D eigenvalue weighted by Crippen LogP contribution is 2.20. The number of benzene rings is 2. The monoisotopic (exact) mass is 365 g/mol. The third-order valence-electron chi connectivity index (χ3n) is 4.19. The molecule has 1 aromatic heterocycles. The molecule has 27 heavy (non-hydrogen) atoms. The van der Waals surface area contributed by atoms with E-state index in [0.29, 0.717) is 37.7 Å². The molecule has 6 nitrogen and oxygen atoms in total. The molecule has 0 saturated heterocycles. The Hall–Kier alpha value is -3.15. The van der Waals surface area contributed by atoms with E-state index in [1.807, 2.05) is 62.4 Å². The summed E-state index contributed by atoms with van der Waals surface area (Å²) in [5.41, 5.74) is 3.12. The molecular weight excluding hydrogens is 342 g/mol. The molecule has 0 aliphatic carbocycles.